The molecule has 2 N–H and O–H groups in total. The topological polar surface area (TPSA) is 62.7 Å². The summed E-state index contributed by atoms with van der Waals surface area (Å²) in [6, 6.07) is 7.60. The highest BCUT2D eigenvalue weighted by atomic mass is 127. The lowest BCUT2D eigenvalue weighted by Gasteiger charge is -2.21. The Labute approximate surface area is 160 Å². The van der Waals surface area contributed by atoms with Gasteiger partial charge in [0.05, 0.1) is 6.04 Å². The van der Waals surface area contributed by atoms with Crippen molar-refractivity contribution in [3.8, 4) is 0 Å². The number of nitrogens with one attached hydrogen (secondary N) is 2. The van der Waals surface area contributed by atoms with Crippen molar-refractivity contribution in [1.82, 2.24) is 10.6 Å². The molecule has 0 aliphatic carbocycles. The number of rotatable bonds is 4. The third-order valence-corrected chi connectivity index (χ3v) is 3.02. The van der Waals surface area contributed by atoms with Crippen LogP contribution in [0.3, 0.4) is 0 Å². The van der Waals surface area contributed by atoms with Gasteiger partial charge in [0.15, 0.2) is 5.96 Å². The minimum absolute atomic E-state index is 0. The summed E-state index contributed by atoms with van der Waals surface area (Å²) in [5, 5.41) is 6.85. The van der Waals surface area contributed by atoms with E-state index < -0.39 is 5.60 Å². The van der Waals surface area contributed by atoms with Crippen molar-refractivity contribution in [2.45, 2.75) is 39.3 Å². The second kappa shape index (κ2) is 9.97. The van der Waals surface area contributed by atoms with Gasteiger partial charge in [-0.3, -0.25) is 9.79 Å². The fourth-order valence-corrected chi connectivity index (χ4v) is 1.89. The predicted octanol–water partition coefficient (Wildman–Crippen LogP) is 3.53. The first-order valence-corrected chi connectivity index (χ1v) is 7.53. The number of aliphatic imine (C=N–C) groups is 1. The molecule has 1 aromatic carbocycles. The summed E-state index contributed by atoms with van der Waals surface area (Å²) in [4.78, 5) is 15.8. The highest BCUT2D eigenvalue weighted by molar-refractivity contribution is 14.0. The second-order valence-electron chi connectivity index (χ2n) is 5.93. The zero-order valence-corrected chi connectivity index (χ0v) is 17.2. The molecule has 0 amide bonds. The SMILES string of the molecule is CN=C(NCC(=O)OC(C)(C)C)NC(C)c1ccc(Cl)cc1.I. The van der Waals surface area contributed by atoms with Crippen LogP contribution in [0.2, 0.25) is 5.02 Å². The number of carbonyl (C=O) groups is 1. The van der Waals surface area contributed by atoms with Crippen molar-refractivity contribution >= 4 is 47.5 Å². The average molecular weight is 454 g/mol. The molecule has 23 heavy (non-hydrogen) atoms. The molecular weight excluding hydrogens is 429 g/mol. The summed E-state index contributed by atoms with van der Waals surface area (Å²) in [5.74, 6) is 0.211. The molecule has 0 saturated heterocycles. The molecule has 1 rings (SSSR count). The van der Waals surface area contributed by atoms with Crippen molar-refractivity contribution in [3.63, 3.8) is 0 Å². The Hall–Kier alpha value is -1.02. The maximum Gasteiger partial charge on any atom is 0.325 e. The molecule has 0 aliphatic heterocycles. The lowest BCUT2D eigenvalue weighted by Crippen LogP contribution is -2.42. The minimum Gasteiger partial charge on any atom is -0.459 e. The van der Waals surface area contributed by atoms with Crippen LogP contribution in [0.15, 0.2) is 29.3 Å². The van der Waals surface area contributed by atoms with Crippen LogP contribution in [0.25, 0.3) is 0 Å². The Morgan fingerprint density at radius 2 is 1.87 bits per heavy atom. The number of halogens is 2. The summed E-state index contributed by atoms with van der Waals surface area (Å²) >= 11 is 5.88. The highest BCUT2D eigenvalue weighted by Gasteiger charge is 2.16. The number of hydrogen-bond donors (Lipinski definition) is 2. The highest BCUT2D eigenvalue weighted by Crippen LogP contribution is 2.15. The van der Waals surface area contributed by atoms with E-state index in [0.717, 1.165) is 5.56 Å². The van der Waals surface area contributed by atoms with Crippen LogP contribution in [-0.2, 0) is 9.53 Å². The van der Waals surface area contributed by atoms with E-state index in [2.05, 4.69) is 15.6 Å². The Kier molecular flexibility index (Phi) is 9.53. The zero-order chi connectivity index (χ0) is 16.8. The van der Waals surface area contributed by atoms with Gasteiger partial charge >= 0.3 is 5.97 Å². The van der Waals surface area contributed by atoms with Crippen LogP contribution in [0.1, 0.15) is 39.3 Å². The molecule has 130 valence electrons. The molecular formula is C16H25ClIN3O2. The van der Waals surface area contributed by atoms with Crippen molar-refractivity contribution in [1.29, 1.82) is 0 Å². The summed E-state index contributed by atoms with van der Waals surface area (Å²) in [6.45, 7) is 7.57. The average Bonchev–Trinajstić information content (AvgIpc) is 2.42. The smallest absolute Gasteiger partial charge is 0.325 e. The molecule has 0 aromatic heterocycles. The summed E-state index contributed by atoms with van der Waals surface area (Å²) in [6.07, 6.45) is 0. The van der Waals surface area contributed by atoms with E-state index in [0.29, 0.717) is 11.0 Å². The quantitative estimate of drug-likeness (QED) is 0.317. The number of ether oxygens (including phenoxy) is 1. The van der Waals surface area contributed by atoms with Crippen LogP contribution in [0, 0.1) is 0 Å². The van der Waals surface area contributed by atoms with E-state index in [1.165, 1.54) is 0 Å². The van der Waals surface area contributed by atoms with Crippen molar-refractivity contribution in [2.75, 3.05) is 13.6 Å². The number of hydrogen-bond acceptors (Lipinski definition) is 3. The number of carbonyl (C=O) groups excluding carboxylic acids is 1. The molecule has 0 spiro atoms. The molecule has 0 heterocycles. The lowest BCUT2D eigenvalue weighted by molar-refractivity contribution is -0.153. The van der Waals surface area contributed by atoms with E-state index in [4.69, 9.17) is 16.3 Å². The van der Waals surface area contributed by atoms with E-state index in [1.54, 1.807) is 7.05 Å². The molecule has 1 atom stereocenters. The van der Waals surface area contributed by atoms with Gasteiger partial charge in [0, 0.05) is 12.1 Å². The molecule has 0 saturated carbocycles. The molecule has 0 fully saturated rings. The first-order valence-electron chi connectivity index (χ1n) is 7.16. The Morgan fingerprint density at radius 1 is 1.30 bits per heavy atom. The summed E-state index contributed by atoms with van der Waals surface area (Å²) < 4.78 is 5.24. The van der Waals surface area contributed by atoms with E-state index in [9.17, 15) is 4.79 Å². The molecule has 7 heteroatoms. The van der Waals surface area contributed by atoms with Crippen LogP contribution in [-0.4, -0.2) is 31.1 Å². The molecule has 5 nitrogen and oxygen atoms in total. The lowest BCUT2D eigenvalue weighted by atomic mass is 10.1. The number of benzene rings is 1. The first-order chi connectivity index (χ1) is 10.2. The van der Waals surface area contributed by atoms with Gasteiger partial charge in [0.2, 0.25) is 0 Å². The van der Waals surface area contributed by atoms with E-state index >= 15 is 0 Å². The standard InChI is InChI=1S/C16H24ClN3O2.HI/c1-11(12-6-8-13(17)9-7-12)20-15(18-5)19-10-14(21)22-16(2,3)4;/h6-9,11H,10H2,1-5H3,(H2,18,19,20);1H. The molecule has 0 bridgehead atoms. The Bertz CT molecular complexity index is 527. The fourth-order valence-electron chi connectivity index (χ4n) is 1.77. The maximum absolute atomic E-state index is 11.7. The monoisotopic (exact) mass is 453 g/mol. The van der Waals surface area contributed by atoms with Crippen LogP contribution >= 0.6 is 35.6 Å². The maximum atomic E-state index is 11.7. The Morgan fingerprint density at radius 3 is 2.35 bits per heavy atom. The van der Waals surface area contributed by atoms with Gasteiger partial charge in [0.1, 0.15) is 12.1 Å². The van der Waals surface area contributed by atoms with Crippen LogP contribution in [0.4, 0.5) is 0 Å². The van der Waals surface area contributed by atoms with Gasteiger partial charge in [-0.15, -0.1) is 24.0 Å². The first kappa shape index (κ1) is 22.0. The third kappa shape index (κ3) is 9.00. The summed E-state index contributed by atoms with van der Waals surface area (Å²) in [7, 11) is 1.65. The minimum atomic E-state index is -0.494. The largest absolute Gasteiger partial charge is 0.459 e. The number of guanidine groups is 1. The normalized spacial score (nSPS) is 12.9. The third-order valence-electron chi connectivity index (χ3n) is 2.77. The zero-order valence-electron chi connectivity index (χ0n) is 14.1. The van der Waals surface area contributed by atoms with Gasteiger partial charge < -0.3 is 15.4 Å². The van der Waals surface area contributed by atoms with Crippen molar-refractivity contribution in [3.05, 3.63) is 34.9 Å². The van der Waals surface area contributed by atoms with Gasteiger partial charge in [-0.05, 0) is 45.4 Å². The number of nitrogens with zero attached hydrogens (tertiary/aromatic N) is 1. The molecule has 0 radical (unpaired) electrons. The molecule has 1 aromatic rings. The molecule has 0 aliphatic rings. The van der Waals surface area contributed by atoms with Crippen molar-refractivity contribution < 1.29 is 9.53 Å². The van der Waals surface area contributed by atoms with Crippen LogP contribution < -0.4 is 10.6 Å². The van der Waals surface area contributed by atoms with Gasteiger partial charge in [-0.1, -0.05) is 23.7 Å². The van der Waals surface area contributed by atoms with E-state index in [1.807, 2.05) is 52.0 Å². The summed E-state index contributed by atoms with van der Waals surface area (Å²) in [5.41, 5.74) is 0.580. The fraction of sp³-hybridized carbons (Fsp3) is 0.500. The van der Waals surface area contributed by atoms with Gasteiger partial charge in [-0.25, -0.2) is 0 Å². The van der Waals surface area contributed by atoms with Crippen LogP contribution in [0.5, 0.6) is 0 Å². The molecule has 1 unspecified atom stereocenters. The second-order valence-corrected chi connectivity index (χ2v) is 6.37. The number of esters is 1. The van der Waals surface area contributed by atoms with E-state index in [-0.39, 0.29) is 42.5 Å². The predicted molar refractivity (Wildman–Crippen MR) is 106 cm³/mol. The van der Waals surface area contributed by atoms with Crippen molar-refractivity contribution in [2.24, 2.45) is 4.99 Å². The van der Waals surface area contributed by atoms with Gasteiger partial charge in [0.25, 0.3) is 0 Å². The Balaban J connectivity index is 0.00000484. The van der Waals surface area contributed by atoms with Gasteiger partial charge in [-0.2, -0.15) is 0 Å².